The molecule has 5 saturated heterocycles. The number of anilines is 1. The van der Waals surface area contributed by atoms with E-state index in [0.717, 1.165) is 68.7 Å². The van der Waals surface area contributed by atoms with Gasteiger partial charge in [-0.15, -0.1) is 0 Å². The number of carbonyl (C=O) groups excluding carboxylic acids is 5. The van der Waals surface area contributed by atoms with E-state index >= 15 is 22.8 Å². The fraction of sp³-hybridized carbons (Fsp3) is 0.692. The number of hydrogen-bond donors (Lipinski definition) is 2. The van der Waals surface area contributed by atoms with Gasteiger partial charge in [-0.05, 0) is 124 Å². The van der Waals surface area contributed by atoms with Gasteiger partial charge in [0.1, 0.15) is 24.7 Å². The number of piperazine rings is 1. The number of halogens is 3. The first-order chi connectivity index (χ1) is 41.5. The Kier molecular flexibility index (Phi) is 17.2. The van der Waals surface area contributed by atoms with Gasteiger partial charge in [0.05, 0.1) is 48.6 Å². The summed E-state index contributed by atoms with van der Waals surface area (Å²) in [6, 6.07) is 5.73. The highest BCUT2D eigenvalue weighted by Crippen LogP contribution is 2.50. The SMILES string of the molecule is CO[C@@H](C)c1ncc(N2CCN(C3CC3)CC2)cc1-c1c2c3cc(ccc3n1CC(F)(F)F)C1=CCCN(C1)C[C@H](NC(=O)C(C(C)C)N1CC[C@]3(CCN(C(=O)[C@H]4C(C5CC5)N4CC(=O)N(C)C)C3)C1)C(=O)N1CCC[C@H](N1)C(=O)OCC(C)(C)C2. The Balaban J connectivity index is 0.839. The number of rotatable bonds is 14. The van der Waals surface area contributed by atoms with E-state index in [1.807, 2.05) is 63.9 Å². The number of methoxy groups -OCH3 is 1. The van der Waals surface area contributed by atoms with Crippen LogP contribution in [0.1, 0.15) is 115 Å². The van der Waals surface area contributed by atoms with Crippen molar-refractivity contribution in [2.24, 2.45) is 22.7 Å². The van der Waals surface area contributed by atoms with E-state index in [1.54, 1.807) is 32.2 Å². The van der Waals surface area contributed by atoms with Gasteiger partial charge >= 0.3 is 12.1 Å². The van der Waals surface area contributed by atoms with Gasteiger partial charge in [0.2, 0.25) is 17.7 Å². The lowest BCUT2D eigenvalue weighted by atomic mass is 9.84. The molecule has 474 valence electrons. The lowest BCUT2D eigenvalue weighted by Gasteiger charge is -2.38. The molecule has 19 nitrogen and oxygen atoms in total. The van der Waals surface area contributed by atoms with Gasteiger partial charge in [-0.3, -0.25) is 53.6 Å². The normalized spacial score (nSPS) is 29.1. The summed E-state index contributed by atoms with van der Waals surface area (Å²) in [5.41, 5.74) is 7.43. The number of ether oxygens (including phenoxy) is 2. The summed E-state index contributed by atoms with van der Waals surface area (Å²) in [5, 5.41) is 5.39. The molecule has 1 aromatic carbocycles. The topological polar surface area (TPSA) is 171 Å². The number of aromatic nitrogens is 2. The van der Waals surface area contributed by atoms with E-state index in [2.05, 4.69) is 41.3 Å². The number of nitrogens with one attached hydrogen (secondary N) is 2. The van der Waals surface area contributed by atoms with Crippen molar-refractivity contribution in [3.63, 3.8) is 0 Å². The van der Waals surface area contributed by atoms with Crippen LogP contribution in [0.15, 0.2) is 36.5 Å². The number of benzene rings is 1. The molecule has 6 bridgehead atoms. The second kappa shape index (κ2) is 24.3. The molecule has 9 heterocycles. The molecule has 4 amide bonds. The Labute approximate surface area is 510 Å². The molecule has 1 spiro atoms. The van der Waals surface area contributed by atoms with E-state index in [9.17, 15) is 14.4 Å². The number of likely N-dealkylation sites (tertiary alicyclic amines) is 2. The second-order valence-electron chi connectivity index (χ2n) is 28.2. The highest BCUT2D eigenvalue weighted by Gasteiger charge is 2.61. The molecule has 9 atom stereocenters. The van der Waals surface area contributed by atoms with Crippen molar-refractivity contribution in [1.82, 2.24) is 54.7 Å². The lowest BCUT2D eigenvalue weighted by Crippen LogP contribution is -2.63. The minimum absolute atomic E-state index is 0.00317. The Bertz CT molecular complexity index is 3150. The van der Waals surface area contributed by atoms with Crippen LogP contribution in [0.25, 0.3) is 27.7 Å². The highest BCUT2D eigenvalue weighted by molar-refractivity contribution is 5.96. The number of alkyl halides is 3. The quantitative estimate of drug-likeness (QED) is 0.143. The maximum Gasteiger partial charge on any atom is 0.406 e. The molecule has 7 aliphatic heterocycles. The number of pyridine rings is 1. The number of amides is 4. The third-order valence-corrected chi connectivity index (χ3v) is 20.5. The fourth-order valence-corrected chi connectivity index (χ4v) is 15.4. The van der Waals surface area contributed by atoms with Gasteiger partial charge < -0.3 is 34.1 Å². The zero-order valence-corrected chi connectivity index (χ0v) is 52.3. The van der Waals surface area contributed by atoms with Crippen LogP contribution in [-0.4, -0.2) is 229 Å². The van der Waals surface area contributed by atoms with Gasteiger partial charge in [0.25, 0.3) is 5.91 Å². The summed E-state index contributed by atoms with van der Waals surface area (Å²) in [5.74, 6) is -0.737. The van der Waals surface area contributed by atoms with E-state index in [4.69, 9.17) is 14.5 Å². The number of likely N-dealkylation sites (N-methyl/N-ethyl adjacent to an activating group) is 1. The molecular weight excluding hydrogens is 1120 g/mol. The van der Waals surface area contributed by atoms with Crippen molar-refractivity contribution in [2.75, 3.05) is 118 Å². The Morgan fingerprint density at radius 1 is 0.943 bits per heavy atom. The van der Waals surface area contributed by atoms with Crippen LogP contribution in [0.2, 0.25) is 0 Å². The molecule has 3 aromatic rings. The molecule has 22 heteroatoms. The fourth-order valence-electron chi connectivity index (χ4n) is 15.4. The largest absolute Gasteiger partial charge is 0.464 e. The number of nitrogens with zero attached hydrogens (tertiary/aromatic N) is 10. The number of hydrazine groups is 1. The summed E-state index contributed by atoms with van der Waals surface area (Å²) in [7, 11) is 5.07. The zero-order chi connectivity index (χ0) is 61.4. The first kappa shape index (κ1) is 61.6. The summed E-state index contributed by atoms with van der Waals surface area (Å²) in [4.78, 5) is 91.4. The van der Waals surface area contributed by atoms with Gasteiger partial charge in [-0.1, -0.05) is 39.8 Å². The van der Waals surface area contributed by atoms with Gasteiger partial charge in [-0.2, -0.15) is 13.2 Å². The van der Waals surface area contributed by atoms with Crippen molar-refractivity contribution in [2.45, 2.75) is 154 Å². The van der Waals surface area contributed by atoms with Gasteiger partial charge in [0.15, 0.2) is 0 Å². The number of cyclic esters (lactones) is 1. The maximum absolute atomic E-state index is 15.3. The summed E-state index contributed by atoms with van der Waals surface area (Å²) in [6.07, 6.45) is 6.85. The molecule has 12 rings (SSSR count). The van der Waals surface area contributed by atoms with E-state index in [0.29, 0.717) is 110 Å². The van der Waals surface area contributed by atoms with Gasteiger partial charge in [-0.25, -0.2) is 5.43 Å². The minimum Gasteiger partial charge on any atom is -0.464 e. The predicted octanol–water partition coefficient (Wildman–Crippen LogP) is 5.95. The number of esters is 1. The summed E-state index contributed by atoms with van der Waals surface area (Å²) < 4.78 is 59.3. The van der Waals surface area contributed by atoms with Crippen LogP contribution in [-0.2, 0) is 46.4 Å². The van der Waals surface area contributed by atoms with Crippen LogP contribution in [0.3, 0.4) is 0 Å². The molecule has 4 unspecified atom stereocenters. The molecule has 2 aliphatic carbocycles. The summed E-state index contributed by atoms with van der Waals surface area (Å²) >= 11 is 0. The van der Waals surface area contributed by atoms with Crippen molar-refractivity contribution < 1.29 is 46.6 Å². The first-order valence-corrected chi connectivity index (χ1v) is 32.2. The van der Waals surface area contributed by atoms with Crippen LogP contribution in [0.4, 0.5) is 18.9 Å². The average Bonchev–Trinajstić information content (AvgIpc) is 1.64. The van der Waals surface area contributed by atoms with Crippen LogP contribution in [0.5, 0.6) is 0 Å². The molecule has 0 radical (unpaired) electrons. The standard InChI is InChI=1S/C65H91F3N12O7/c1-40(2)55(76-23-19-64(36-76)20-24-77(37-64)61(84)58-56(42-13-14-42)78(58)35-53(81)72(6)7)59(82)70-51-34-73-21-9-11-44(33-73)43-15-18-52-47(29-43)49(31-63(4,5)39-87-62(85)50-12-10-22-80(71-50)60(51)83)57(79(52)38-65(66,67)68)48-30-46(32-69-54(48)41(3)86-8)75-27-25-74(26-28-75)45-16-17-45/h11,15,18,29-30,32,40-42,45,50-51,55-56,58,71H,9-10,12-14,16-17,19-28,31,33-39H2,1-8H3,(H,70,82)/t41-,50-,51-,55?,56?,58+,64-,78?/m0/s1. The molecule has 2 saturated carbocycles. The van der Waals surface area contributed by atoms with Crippen LogP contribution < -0.4 is 15.6 Å². The highest BCUT2D eigenvalue weighted by atomic mass is 19.4. The zero-order valence-electron chi connectivity index (χ0n) is 52.3. The molecule has 2 N–H and O–H groups in total. The molecule has 87 heavy (non-hydrogen) atoms. The molecule has 2 aromatic heterocycles. The third kappa shape index (κ3) is 13.1. The average molecular weight is 1210 g/mol. The van der Waals surface area contributed by atoms with Crippen molar-refractivity contribution >= 4 is 51.8 Å². The number of fused-ring (bicyclic) bond motifs is 6. The summed E-state index contributed by atoms with van der Waals surface area (Å²) in [6.45, 7) is 16.1. The van der Waals surface area contributed by atoms with Gasteiger partial charge in [0, 0.05) is 133 Å². The van der Waals surface area contributed by atoms with Crippen LogP contribution in [0, 0.1) is 22.7 Å². The molecular formula is C65H91F3N12O7. The molecule has 9 aliphatic rings. The smallest absolute Gasteiger partial charge is 0.406 e. The van der Waals surface area contributed by atoms with Crippen molar-refractivity contribution in [3.8, 4) is 11.3 Å². The van der Waals surface area contributed by atoms with Crippen LogP contribution >= 0.6 is 0 Å². The first-order valence-electron chi connectivity index (χ1n) is 32.2. The molecule has 7 fully saturated rings. The van der Waals surface area contributed by atoms with Crippen molar-refractivity contribution in [3.05, 3.63) is 53.4 Å². The minimum atomic E-state index is -4.60. The predicted molar refractivity (Wildman–Crippen MR) is 325 cm³/mol. The second-order valence-corrected chi connectivity index (χ2v) is 28.2. The number of hydrogen-bond acceptors (Lipinski definition) is 14. The monoisotopic (exact) mass is 1210 g/mol. The van der Waals surface area contributed by atoms with E-state index in [-0.39, 0.29) is 73.2 Å². The Morgan fingerprint density at radius 2 is 1.70 bits per heavy atom. The Morgan fingerprint density at radius 3 is 2.40 bits per heavy atom. The number of carbonyl (C=O) groups is 5. The Hall–Kier alpha value is -5.65. The third-order valence-electron chi connectivity index (χ3n) is 20.5. The van der Waals surface area contributed by atoms with E-state index in [1.165, 1.54) is 22.4 Å². The maximum atomic E-state index is 15.3. The lowest BCUT2D eigenvalue weighted by molar-refractivity contribution is -0.155. The van der Waals surface area contributed by atoms with E-state index < -0.39 is 48.3 Å². The van der Waals surface area contributed by atoms with Crippen molar-refractivity contribution in [1.29, 1.82) is 0 Å².